The quantitative estimate of drug-likeness (QED) is 0.175. The molecule has 0 aliphatic rings. The highest BCUT2D eigenvalue weighted by molar-refractivity contribution is 5.83. The van der Waals surface area contributed by atoms with Crippen LogP contribution in [0.2, 0.25) is 0 Å². The van der Waals surface area contributed by atoms with Gasteiger partial charge in [0.2, 0.25) is 5.91 Å². The first kappa shape index (κ1) is 28.9. The van der Waals surface area contributed by atoms with Gasteiger partial charge in [-0.3, -0.25) is 4.79 Å². The molecule has 0 saturated carbocycles. The second-order valence-electron chi connectivity index (χ2n) is 9.39. The summed E-state index contributed by atoms with van der Waals surface area (Å²) in [7, 11) is 0. The SMILES string of the molecule is CCCCCCCCCCCCCCCCCCCCC(=O)N[C@H](C(=O)O)C(C)C. The van der Waals surface area contributed by atoms with Gasteiger partial charge < -0.3 is 10.4 Å². The summed E-state index contributed by atoms with van der Waals surface area (Å²) in [5.41, 5.74) is 0. The van der Waals surface area contributed by atoms with E-state index >= 15 is 0 Å². The Morgan fingerprint density at radius 1 is 0.633 bits per heavy atom. The Morgan fingerprint density at radius 2 is 0.967 bits per heavy atom. The van der Waals surface area contributed by atoms with Gasteiger partial charge >= 0.3 is 5.97 Å². The van der Waals surface area contributed by atoms with Gasteiger partial charge in [-0.2, -0.15) is 0 Å². The molecule has 0 saturated heterocycles. The predicted molar refractivity (Wildman–Crippen MR) is 128 cm³/mol. The fourth-order valence-electron chi connectivity index (χ4n) is 3.95. The minimum absolute atomic E-state index is 0.0910. The number of carbonyl (C=O) groups excluding carboxylic acids is 1. The van der Waals surface area contributed by atoms with E-state index in [9.17, 15) is 9.59 Å². The molecule has 0 unspecified atom stereocenters. The lowest BCUT2D eigenvalue weighted by atomic mass is 10.0. The molecule has 0 radical (unpaired) electrons. The van der Waals surface area contributed by atoms with E-state index in [0.29, 0.717) is 6.42 Å². The van der Waals surface area contributed by atoms with Gasteiger partial charge in [0.1, 0.15) is 6.04 Å². The van der Waals surface area contributed by atoms with Crippen molar-refractivity contribution in [1.82, 2.24) is 5.32 Å². The van der Waals surface area contributed by atoms with Crippen LogP contribution in [0.1, 0.15) is 143 Å². The zero-order chi connectivity index (χ0) is 22.5. The summed E-state index contributed by atoms with van der Waals surface area (Å²) in [4.78, 5) is 23.0. The fourth-order valence-corrected chi connectivity index (χ4v) is 3.95. The molecule has 0 heterocycles. The third-order valence-electron chi connectivity index (χ3n) is 6.01. The first-order valence-electron chi connectivity index (χ1n) is 13.0. The maximum atomic E-state index is 11.9. The van der Waals surface area contributed by atoms with E-state index in [-0.39, 0.29) is 11.8 Å². The third-order valence-corrected chi connectivity index (χ3v) is 6.01. The molecule has 0 spiro atoms. The molecule has 2 N–H and O–H groups in total. The number of rotatable bonds is 22. The lowest BCUT2D eigenvalue weighted by Crippen LogP contribution is -2.44. The van der Waals surface area contributed by atoms with Gasteiger partial charge in [0.05, 0.1) is 0 Å². The van der Waals surface area contributed by atoms with Crippen molar-refractivity contribution in [2.75, 3.05) is 0 Å². The smallest absolute Gasteiger partial charge is 0.326 e. The van der Waals surface area contributed by atoms with Crippen molar-refractivity contribution < 1.29 is 14.7 Å². The summed E-state index contributed by atoms with van der Waals surface area (Å²) >= 11 is 0. The second kappa shape index (κ2) is 21.2. The molecule has 4 nitrogen and oxygen atoms in total. The predicted octanol–water partition coefficient (Wildman–Crippen LogP) is 7.64. The lowest BCUT2D eigenvalue weighted by molar-refractivity contribution is -0.143. The van der Waals surface area contributed by atoms with Crippen LogP contribution in [0.15, 0.2) is 0 Å². The monoisotopic (exact) mass is 425 g/mol. The van der Waals surface area contributed by atoms with Crippen LogP contribution in [-0.4, -0.2) is 23.0 Å². The summed E-state index contributed by atoms with van der Waals surface area (Å²) in [6.07, 6.45) is 24.3. The average Bonchev–Trinajstić information content (AvgIpc) is 2.70. The number of aliphatic carboxylic acids is 1. The molecule has 0 aliphatic carbocycles. The van der Waals surface area contributed by atoms with Gasteiger partial charge in [-0.15, -0.1) is 0 Å². The second-order valence-corrected chi connectivity index (χ2v) is 9.39. The summed E-state index contributed by atoms with van der Waals surface area (Å²) < 4.78 is 0. The molecule has 0 fully saturated rings. The molecule has 0 rings (SSSR count). The van der Waals surface area contributed by atoms with Gasteiger partial charge in [0, 0.05) is 6.42 Å². The van der Waals surface area contributed by atoms with Crippen molar-refractivity contribution in [1.29, 1.82) is 0 Å². The Balaban J connectivity index is 3.30. The van der Waals surface area contributed by atoms with E-state index < -0.39 is 12.0 Å². The molecule has 0 aromatic carbocycles. The van der Waals surface area contributed by atoms with Crippen molar-refractivity contribution in [3.05, 3.63) is 0 Å². The number of hydrogen-bond acceptors (Lipinski definition) is 2. The number of carboxylic acids is 1. The molecule has 0 aliphatic heterocycles. The van der Waals surface area contributed by atoms with E-state index in [1.807, 2.05) is 13.8 Å². The Labute approximate surface area is 187 Å². The maximum Gasteiger partial charge on any atom is 0.326 e. The third kappa shape index (κ3) is 18.9. The highest BCUT2D eigenvalue weighted by Crippen LogP contribution is 2.14. The van der Waals surface area contributed by atoms with Gasteiger partial charge in [0.15, 0.2) is 0 Å². The van der Waals surface area contributed by atoms with E-state index in [2.05, 4.69) is 12.2 Å². The first-order chi connectivity index (χ1) is 14.5. The standard InChI is InChI=1S/C26H51NO3/c1-4-5-6-7-8-9-10-11-12-13-14-15-16-17-18-19-20-21-22-24(28)27-25(23(2)3)26(29)30/h23,25H,4-22H2,1-3H3,(H,27,28)(H,29,30)/t25-/m0/s1. The number of carbonyl (C=O) groups is 2. The van der Waals surface area contributed by atoms with Crippen LogP contribution in [-0.2, 0) is 9.59 Å². The van der Waals surface area contributed by atoms with Crippen LogP contribution in [0.5, 0.6) is 0 Å². The number of hydrogen-bond donors (Lipinski definition) is 2. The fraction of sp³-hybridized carbons (Fsp3) is 0.923. The van der Waals surface area contributed by atoms with Crippen LogP contribution in [0, 0.1) is 5.92 Å². The number of unbranched alkanes of at least 4 members (excludes halogenated alkanes) is 17. The molecule has 0 bridgehead atoms. The molecule has 0 aromatic rings. The molecular weight excluding hydrogens is 374 g/mol. The highest BCUT2D eigenvalue weighted by atomic mass is 16.4. The molecule has 178 valence electrons. The van der Waals surface area contributed by atoms with E-state index in [4.69, 9.17) is 5.11 Å². The molecule has 0 aromatic heterocycles. The van der Waals surface area contributed by atoms with Crippen molar-refractivity contribution in [3.8, 4) is 0 Å². The van der Waals surface area contributed by atoms with E-state index in [1.165, 1.54) is 103 Å². The molecular formula is C26H51NO3. The van der Waals surface area contributed by atoms with Gasteiger partial charge in [-0.05, 0) is 12.3 Å². The Bertz CT molecular complexity index is 409. The van der Waals surface area contributed by atoms with Gasteiger partial charge in [0.25, 0.3) is 0 Å². The highest BCUT2D eigenvalue weighted by Gasteiger charge is 2.22. The molecule has 30 heavy (non-hydrogen) atoms. The number of carboxylic acid groups (broad SMARTS) is 1. The number of amides is 1. The van der Waals surface area contributed by atoms with Crippen LogP contribution >= 0.6 is 0 Å². The normalized spacial score (nSPS) is 12.3. The topological polar surface area (TPSA) is 66.4 Å². The largest absolute Gasteiger partial charge is 0.480 e. The summed E-state index contributed by atoms with van der Waals surface area (Å²) in [6, 6.07) is -0.770. The van der Waals surface area contributed by atoms with Gasteiger partial charge in [-0.1, -0.05) is 130 Å². The van der Waals surface area contributed by atoms with Crippen LogP contribution in [0.4, 0.5) is 0 Å². The Morgan fingerprint density at radius 3 is 1.27 bits per heavy atom. The van der Waals surface area contributed by atoms with Crippen LogP contribution in [0.25, 0.3) is 0 Å². The molecule has 1 amide bonds. The Kier molecular flexibility index (Phi) is 20.4. The van der Waals surface area contributed by atoms with Crippen LogP contribution in [0.3, 0.4) is 0 Å². The van der Waals surface area contributed by atoms with E-state index in [1.54, 1.807) is 0 Å². The number of nitrogens with one attached hydrogen (secondary N) is 1. The van der Waals surface area contributed by atoms with Crippen molar-refractivity contribution in [2.45, 2.75) is 149 Å². The minimum Gasteiger partial charge on any atom is -0.480 e. The first-order valence-corrected chi connectivity index (χ1v) is 13.0. The van der Waals surface area contributed by atoms with E-state index in [0.717, 1.165) is 12.8 Å². The molecule has 4 heteroatoms. The average molecular weight is 426 g/mol. The minimum atomic E-state index is -0.948. The summed E-state index contributed by atoms with van der Waals surface area (Å²) in [6.45, 7) is 5.91. The summed E-state index contributed by atoms with van der Waals surface area (Å²) in [5.74, 6) is -1.17. The van der Waals surface area contributed by atoms with Crippen molar-refractivity contribution >= 4 is 11.9 Å². The summed E-state index contributed by atoms with van der Waals surface area (Å²) in [5, 5.41) is 11.7. The Hall–Kier alpha value is -1.06. The molecule has 1 atom stereocenters. The lowest BCUT2D eigenvalue weighted by Gasteiger charge is -2.17. The van der Waals surface area contributed by atoms with Crippen LogP contribution < -0.4 is 5.32 Å². The van der Waals surface area contributed by atoms with Gasteiger partial charge in [-0.25, -0.2) is 4.79 Å². The zero-order valence-corrected chi connectivity index (χ0v) is 20.4. The zero-order valence-electron chi connectivity index (χ0n) is 20.4. The van der Waals surface area contributed by atoms with Crippen molar-refractivity contribution in [2.24, 2.45) is 5.92 Å². The van der Waals surface area contributed by atoms with Crippen molar-refractivity contribution in [3.63, 3.8) is 0 Å². The maximum absolute atomic E-state index is 11.9.